The Morgan fingerprint density at radius 1 is 1.22 bits per heavy atom. The lowest BCUT2D eigenvalue weighted by Crippen LogP contribution is -2.06. The van der Waals surface area contributed by atoms with Crippen molar-refractivity contribution in [2.45, 2.75) is 26.9 Å². The first-order chi connectivity index (χ1) is 8.65. The Morgan fingerprint density at radius 3 is 2.56 bits per heavy atom. The van der Waals surface area contributed by atoms with E-state index in [0.717, 1.165) is 24.2 Å². The molecule has 0 aromatic heterocycles. The predicted octanol–water partition coefficient (Wildman–Crippen LogP) is 2.64. The van der Waals surface area contributed by atoms with Gasteiger partial charge in [-0.1, -0.05) is 13.0 Å². The highest BCUT2D eigenvalue weighted by Gasteiger charge is 2.05. The Morgan fingerprint density at radius 2 is 1.94 bits per heavy atom. The van der Waals surface area contributed by atoms with Crippen molar-refractivity contribution in [3.05, 3.63) is 34.9 Å². The molecule has 0 unspecified atom stereocenters. The second-order valence-corrected chi connectivity index (χ2v) is 4.11. The van der Waals surface area contributed by atoms with Gasteiger partial charge in [-0.2, -0.15) is 0 Å². The molecule has 1 aromatic carbocycles. The van der Waals surface area contributed by atoms with Crippen LogP contribution < -0.4 is 0 Å². The lowest BCUT2D eigenvalue weighted by atomic mass is 10.1. The Bertz CT molecular complexity index is 387. The number of aromatic carboxylic acids is 1. The maximum absolute atomic E-state index is 10.8. The third-order valence-corrected chi connectivity index (χ3v) is 2.57. The molecule has 0 saturated heterocycles. The molecule has 0 spiro atoms. The maximum Gasteiger partial charge on any atom is 0.335 e. The molecular formula is C14H20O4. The summed E-state index contributed by atoms with van der Waals surface area (Å²) in [6.45, 7) is 6.35. The van der Waals surface area contributed by atoms with Gasteiger partial charge in [0.2, 0.25) is 0 Å². The van der Waals surface area contributed by atoms with Gasteiger partial charge in [0, 0.05) is 6.61 Å². The monoisotopic (exact) mass is 252 g/mol. The fourth-order valence-corrected chi connectivity index (χ4v) is 1.54. The van der Waals surface area contributed by atoms with Crippen molar-refractivity contribution in [1.82, 2.24) is 0 Å². The van der Waals surface area contributed by atoms with Crippen LogP contribution in [-0.4, -0.2) is 30.9 Å². The van der Waals surface area contributed by atoms with Crippen LogP contribution >= 0.6 is 0 Å². The van der Waals surface area contributed by atoms with Gasteiger partial charge in [0.1, 0.15) is 0 Å². The molecule has 4 heteroatoms. The van der Waals surface area contributed by atoms with Gasteiger partial charge >= 0.3 is 5.97 Å². The second-order valence-electron chi connectivity index (χ2n) is 4.11. The van der Waals surface area contributed by atoms with Gasteiger partial charge in [0.15, 0.2) is 0 Å². The van der Waals surface area contributed by atoms with Crippen molar-refractivity contribution in [3.63, 3.8) is 0 Å². The normalized spacial score (nSPS) is 10.6. The first kappa shape index (κ1) is 14.7. The molecule has 4 nitrogen and oxygen atoms in total. The van der Waals surface area contributed by atoms with Gasteiger partial charge in [-0.25, -0.2) is 4.79 Å². The Labute approximate surface area is 108 Å². The molecule has 18 heavy (non-hydrogen) atoms. The number of carboxylic acid groups (broad SMARTS) is 1. The Hall–Kier alpha value is -1.39. The minimum absolute atomic E-state index is 0.308. The molecule has 100 valence electrons. The zero-order chi connectivity index (χ0) is 13.4. The smallest absolute Gasteiger partial charge is 0.335 e. The summed E-state index contributed by atoms with van der Waals surface area (Å²) in [6.07, 6.45) is 1.01. The van der Waals surface area contributed by atoms with Crippen LogP contribution in [0.1, 0.15) is 34.8 Å². The maximum atomic E-state index is 10.8. The minimum atomic E-state index is -0.904. The highest BCUT2D eigenvalue weighted by atomic mass is 16.5. The second kappa shape index (κ2) is 7.84. The van der Waals surface area contributed by atoms with E-state index in [1.165, 1.54) is 0 Å². The van der Waals surface area contributed by atoms with Crippen LogP contribution in [0.15, 0.2) is 18.2 Å². The Kier molecular flexibility index (Phi) is 6.39. The molecule has 0 aliphatic carbocycles. The summed E-state index contributed by atoms with van der Waals surface area (Å²) in [7, 11) is 0. The van der Waals surface area contributed by atoms with Crippen LogP contribution in [0.4, 0.5) is 0 Å². The summed E-state index contributed by atoms with van der Waals surface area (Å²) in [6, 6.07) is 5.06. The molecule has 1 aromatic rings. The predicted molar refractivity (Wildman–Crippen MR) is 68.9 cm³/mol. The largest absolute Gasteiger partial charge is 0.478 e. The zero-order valence-corrected chi connectivity index (χ0v) is 10.9. The average molecular weight is 252 g/mol. The summed E-state index contributed by atoms with van der Waals surface area (Å²) >= 11 is 0. The molecule has 0 atom stereocenters. The summed E-state index contributed by atoms with van der Waals surface area (Å²) in [5.74, 6) is -0.904. The number of benzene rings is 1. The van der Waals surface area contributed by atoms with E-state index in [4.69, 9.17) is 14.6 Å². The first-order valence-corrected chi connectivity index (χ1v) is 6.13. The van der Waals surface area contributed by atoms with Gasteiger partial charge in [-0.15, -0.1) is 0 Å². The van der Waals surface area contributed by atoms with Crippen LogP contribution in [0.2, 0.25) is 0 Å². The van der Waals surface area contributed by atoms with Gasteiger partial charge in [0.25, 0.3) is 0 Å². The van der Waals surface area contributed by atoms with Gasteiger partial charge in [-0.3, -0.25) is 0 Å². The molecular weight excluding hydrogens is 232 g/mol. The molecule has 0 bridgehead atoms. The number of ether oxygens (including phenoxy) is 2. The molecule has 0 fully saturated rings. The van der Waals surface area contributed by atoms with Crippen molar-refractivity contribution in [3.8, 4) is 0 Å². The molecule has 1 N–H and O–H groups in total. The fourth-order valence-electron chi connectivity index (χ4n) is 1.54. The van der Waals surface area contributed by atoms with Crippen LogP contribution in [0, 0.1) is 6.92 Å². The lowest BCUT2D eigenvalue weighted by molar-refractivity contribution is 0.0407. The van der Waals surface area contributed by atoms with E-state index in [0.29, 0.717) is 25.4 Å². The number of hydrogen-bond acceptors (Lipinski definition) is 3. The van der Waals surface area contributed by atoms with Crippen molar-refractivity contribution in [2.24, 2.45) is 0 Å². The molecule has 0 heterocycles. The number of hydrogen-bond donors (Lipinski definition) is 1. The van der Waals surface area contributed by atoms with Gasteiger partial charge in [-0.05, 0) is 36.6 Å². The third kappa shape index (κ3) is 4.85. The third-order valence-electron chi connectivity index (χ3n) is 2.57. The number of carbonyl (C=O) groups is 1. The van der Waals surface area contributed by atoms with Crippen molar-refractivity contribution in [2.75, 3.05) is 19.8 Å². The van der Waals surface area contributed by atoms with E-state index in [1.54, 1.807) is 18.2 Å². The summed E-state index contributed by atoms with van der Waals surface area (Å²) < 4.78 is 10.8. The van der Waals surface area contributed by atoms with E-state index >= 15 is 0 Å². The molecule has 0 aliphatic heterocycles. The van der Waals surface area contributed by atoms with Crippen LogP contribution in [0.3, 0.4) is 0 Å². The zero-order valence-electron chi connectivity index (χ0n) is 10.9. The van der Waals surface area contributed by atoms with Gasteiger partial charge in [0.05, 0.1) is 25.4 Å². The van der Waals surface area contributed by atoms with Crippen LogP contribution in [-0.2, 0) is 16.1 Å². The lowest BCUT2D eigenvalue weighted by Gasteiger charge is -2.08. The van der Waals surface area contributed by atoms with E-state index in [2.05, 4.69) is 6.92 Å². The van der Waals surface area contributed by atoms with Crippen LogP contribution in [0.25, 0.3) is 0 Å². The average Bonchev–Trinajstić information content (AvgIpc) is 2.35. The summed E-state index contributed by atoms with van der Waals surface area (Å²) in [5.41, 5.74) is 2.25. The van der Waals surface area contributed by atoms with Crippen LogP contribution in [0.5, 0.6) is 0 Å². The molecule has 0 radical (unpaired) electrons. The fraction of sp³-hybridized carbons (Fsp3) is 0.500. The molecule has 0 aliphatic rings. The topological polar surface area (TPSA) is 55.8 Å². The SMILES string of the molecule is CCCOCCOCc1ccc(C(=O)O)cc1C. The summed E-state index contributed by atoms with van der Waals surface area (Å²) in [5, 5.41) is 8.85. The van der Waals surface area contributed by atoms with E-state index in [9.17, 15) is 4.79 Å². The van der Waals surface area contributed by atoms with E-state index in [1.807, 2.05) is 6.92 Å². The molecule has 0 amide bonds. The van der Waals surface area contributed by atoms with E-state index < -0.39 is 5.97 Å². The highest BCUT2D eigenvalue weighted by Crippen LogP contribution is 2.12. The van der Waals surface area contributed by atoms with E-state index in [-0.39, 0.29) is 0 Å². The standard InChI is InChI=1S/C14H20O4/c1-3-6-17-7-8-18-10-13-5-4-12(14(15)16)9-11(13)2/h4-5,9H,3,6-8,10H2,1-2H3,(H,15,16). The number of aryl methyl sites for hydroxylation is 1. The minimum Gasteiger partial charge on any atom is -0.478 e. The van der Waals surface area contributed by atoms with Gasteiger partial charge < -0.3 is 14.6 Å². The highest BCUT2D eigenvalue weighted by molar-refractivity contribution is 5.87. The summed E-state index contributed by atoms with van der Waals surface area (Å²) in [4.78, 5) is 10.8. The number of carboxylic acids is 1. The Balaban J connectivity index is 2.36. The van der Waals surface area contributed by atoms with Crippen molar-refractivity contribution in [1.29, 1.82) is 0 Å². The van der Waals surface area contributed by atoms with Crippen molar-refractivity contribution >= 4 is 5.97 Å². The quantitative estimate of drug-likeness (QED) is 0.723. The molecule has 1 rings (SSSR count). The molecule has 0 saturated carbocycles. The van der Waals surface area contributed by atoms with Crippen molar-refractivity contribution < 1.29 is 19.4 Å². The number of rotatable bonds is 8. The first-order valence-electron chi connectivity index (χ1n) is 6.13.